The van der Waals surface area contributed by atoms with E-state index in [4.69, 9.17) is 19.8 Å². The first-order valence-electron chi connectivity index (χ1n) is 7.00. The summed E-state index contributed by atoms with van der Waals surface area (Å²) >= 11 is 0. The topological polar surface area (TPSA) is 164 Å². The van der Waals surface area contributed by atoms with Crippen LogP contribution in [0.25, 0.3) is 0 Å². The Balaban J connectivity index is 2.20. The zero-order valence-electron chi connectivity index (χ0n) is 12.0. The van der Waals surface area contributed by atoms with Gasteiger partial charge >= 0.3 is 0 Å². The molecule has 2 aliphatic rings. The van der Waals surface area contributed by atoms with Gasteiger partial charge in [0.25, 0.3) is 0 Å². The maximum Gasteiger partial charge on any atom is 0.187 e. The lowest BCUT2D eigenvalue weighted by molar-refractivity contribution is -0.314. The average molecular weight is 329 g/mol. The van der Waals surface area contributed by atoms with Crippen LogP contribution in [-0.4, -0.2) is 86.3 Å². The van der Waals surface area contributed by atoms with Crippen molar-refractivity contribution in [3.8, 4) is 6.07 Å². The summed E-state index contributed by atoms with van der Waals surface area (Å²) in [6.45, 7) is -0.624. The highest BCUT2D eigenvalue weighted by atomic mass is 16.7. The average Bonchev–Trinajstić information content (AvgIpc) is 2.54. The number of rotatable bonds is 3. The fourth-order valence-corrected chi connectivity index (χ4v) is 2.48. The molecule has 0 aromatic rings. The summed E-state index contributed by atoms with van der Waals surface area (Å²) in [5, 5.41) is 66.9. The normalized spacial score (nSPS) is 45.9. The maximum atomic E-state index is 10.0. The van der Waals surface area contributed by atoms with Gasteiger partial charge in [-0.05, 0) is 5.57 Å². The van der Waals surface area contributed by atoms with E-state index in [1.54, 1.807) is 6.07 Å². The van der Waals surface area contributed by atoms with Gasteiger partial charge in [-0.3, -0.25) is 0 Å². The van der Waals surface area contributed by atoms with Gasteiger partial charge in [0.05, 0.1) is 12.7 Å². The summed E-state index contributed by atoms with van der Waals surface area (Å²) in [5.41, 5.74) is 0.238. The third kappa shape index (κ3) is 3.60. The van der Waals surface area contributed by atoms with Gasteiger partial charge in [0, 0.05) is 6.08 Å². The van der Waals surface area contributed by atoms with Gasteiger partial charge in [0.2, 0.25) is 0 Å². The van der Waals surface area contributed by atoms with Crippen molar-refractivity contribution in [3.63, 3.8) is 0 Å². The Morgan fingerprint density at radius 2 is 1.83 bits per heavy atom. The lowest BCUT2D eigenvalue weighted by Crippen LogP contribution is -2.60. The SMILES string of the molecule is N#C/C=C1/C=C[C@H](O)[C@@H](O)[C@@H]1O[C@H]1O[C@@H](CO)[C@H](O)[C@@H](O)[C@@H]1O. The summed E-state index contributed by atoms with van der Waals surface area (Å²) in [5.74, 6) is 0. The number of allylic oxidation sites excluding steroid dienone is 1. The van der Waals surface area contributed by atoms with E-state index in [0.29, 0.717) is 0 Å². The molecule has 0 amide bonds. The Morgan fingerprint density at radius 3 is 2.43 bits per heavy atom. The Hall–Kier alpha value is -1.35. The number of aliphatic hydroxyl groups is 6. The van der Waals surface area contributed by atoms with Crippen molar-refractivity contribution in [2.45, 2.75) is 49.0 Å². The van der Waals surface area contributed by atoms with Crippen molar-refractivity contribution in [2.24, 2.45) is 0 Å². The van der Waals surface area contributed by atoms with Gasteiger partial charge in [0.1, 0.15) is 42.7 Å². The van der Waals surface area contributed by atoms with Gasteiger partial charge < -0.3 is 40.1 Å². The number of hydrogen-bond donors (Lipinski definition) is 6. The Kier molecular flexibility index (Phi) is 5.85. The van der Waals surface area contributed by atoms with Crippen LogP contribution in [-0.2, 0) is 9.47 Å². The fourth-order valence-electron chi connectivity index (χ4n) is 2.48. The van der Waals surface area contributed by atoms with E-state index >= 15 is 0 Å². The molecule has 0 unspecified atom stereocenters. The third-order valence-corrected chi connectivity index (χ3v) is 3.83. The van der Waals surface area contributed by atoms with Crippen LogP contribution in [0.4, 0.5) is 0 Å². The molecule has 0 bridgehead atoms. The largest absolute Gasteiger partial charge is 0.394 e. The van der Waals surface area contributed by atoms with Gasteiger partial charge in [-0.15, -0.1) is 0 Å². The molecule has 1 aliphatic carbocycles. The Labute approximate surface area is 131 Å². The lowest BCUT2D eigenvalue weighted by Gasteiger charge is -2.42. The molecule has 0 saturated carbocycles. The minimum absolute atomic E-state index is 0.238. The highest BCUT2D eigenvalue weighted by Crippen LogP contribution is 2.28. The molecule has 0 aromatic heterocycles. The second-order valence-electron chi connectivity index (χ2n) is 5.37. The molecule has 1 heterocycles. The molecule has 1 aliphatic heterocycles. The maximum absolute atomic E-state index is 10.0. The van der Waals surface area contributed by atoms with Crippen molar-refractivity contribution in [1.29, 1.82) is 5.26 Å². The van der Waals surface area contributed by atoms with E-state index in [0.717, 1.165) is 6.08 Å². The summed E-state index contributed by atoms with van der Waals surface area (Å²) < 4.78 is 10.6. The van der Waals surface area contributed by atoms with Crippen LogP contribution in [0.1, 0.15) is 0 Å². The van der Waals surface area contributed by atoms with Crippen molar-refractivity contribution in [3.05, 3.63) is 23.8 Å². The highest BCUT2D eigenvalue weighted by molar-refractivity contribution is 5.34. The van der Waals surface area contributed by atoms with Crippen molar-refractivity contribution in [2.75, 3.05) is 6.61 Å². The molecule has 2 rings (SSSR count). The summed E-state index contributed by atoms with van der Waals surface area (Å²) in [7, 11) is 0. The summed E-state index contributed by atoms with van der Waals surface area (Å²) in [6.07, 6.45) is -7.57. The molecule has 9 nitrogen and oxygen atoms in total. The van der Waals surface area contributed by atoms with E-state index in [1.165, 1.54) is 12.2 Å². The van der Waals surface area contributed by atoms with Crippen LogP contribution >= 0.6 is 0 Å². The molecule has 0 aromatic carbocycles. The molecule has 128 valence electrons. The molecule has 23 heavy (non-hydrogen) atoms. The third-order valence-electron chi connectivity index (χ3n) is 3.83. The first kappa shape index (κ1) is 18.0. The summed E-state index contributed by atoms with van der Waals surface area (Å²) in [6, 6.07) is 1.77. The van der Waals surface area contributed by atoms with Crippen LogP contribution in [0.15, 0.2) is 23.8 Å². The number of nitriles is 1. The van der Waals surface area contributed by atoms with Crippen molar-refractivity contribution in [1.82, 2.24) is 0 Å². The second-order valence-corrected chi connectivity index (χ2v) is 5.37. The van der Waals surface area contributed by atoms with E-state index < -0.39 is 55.6 Å². The standard InChI is InChI=1S/C14H19NO8/c15-4-3-6-1-2-7(17)9(18)13(6)23-14-12(21)11(20)10(19)8(5-16)22-14/h1-3,7-14,16-21H,5H2/b6-3-/t7-,8-,9+,10-,11+,12-,13+,14+/m0/s1. The predicted molar refractivity (Wildman–Crippen MR) is 73.5 cm³/mol. The van der Waals surface area contributed by atoms with Gasteiger partial charge in [-0.2, -0.15) is 5.26 Å². The van der Waals surface area contributed by atoms with Crippen molar-refractivity contribution >= 4 is 0 Å². The lowest BCUT2D eigenvalue weighted by atomic mass is 9.93. The molecule has 1 fully saturated rings. The van der Waals surface area contributed by atoms with Crippen LogP contribution < -0.4 is 0 Å². The Morgan fingerprint density at radius 1 is 1.13 bits per heavy atom. The molecular formula is C14H19NO8. The van der Waals surface area contributed by atoms with Crippen LogP contribution in [0, 0.1) is 11.3 Å². The molecule has 9 heteroatoms. The minimum atomic E-state index is -1.65. The van der Waals surface area contributed by atoms with E-state index in [1.807, 2.05) is 0 Å². The first-order valence-corrected chi connectivity index (χ1v) is 7.00. The number of ether oxygens (including phenoxy) is 2. The second kappa shape index (κ2) is 7.48. The first-order chi connectivity index (χ1) is 10.9. The van der Waals surface area contributed by atoms with Crippen molar-refractivity contribution < 1.29 is 40.1 Å². The molecule has 0 radical (unpaired) electrons. The monoisotopic (exact) mass is 329 g/mol. The van der Waals surface area contributed by atoms with Gasteiger partial charge in [0.15, 0.2) is 6.29 Å². The van der Waals surface area contributed by atoms with Crippen LogP contribution in [0.5, 0.6) is 0 Å². The minimum Gasteiger partial charge on any atom is -0.394 e. The zero-order chi connectivity index (χ0) is 17.1. The highest BCUT2D eigenvalue weighted by Gasteiger charge is 2.46. The van der Waals surface area contributed by atoms with E-state index in [-0.39, 0.29) is 5.57 Å². The molecule has 6 N–H and O–H groups in total. The van der Waals surface area contributed by atoms with Gasteiger partial charge in [-0.25, -0.2) is 0 Å². The predicted octanol–water partition coefficient (Wildman–Crippen LogP) is -3.09. The summed E-state index contributed by atoms with van der Waals surface area (Å²) in [4.78, 5) is 0. The van der Waals surface area contributed by atoms with Gasteiger partial charge in [-0.1, -0.05) is 12.2 Å². The van der Waals surface area contributed by atoms with E-state index in [2.05, 4.69) is 0 Å². The smallest absolute Gasteiger partial charge is 0.187 e. The van der Waals surface area contributed by atoms with Crippen LogP contribution in [0.3, 0.4) is 0 Å². The molecule has 8 atom stereocenters. The number of nitrogens with zero attached hydrogens (tertiary/aromatic N) is 1. The molecule has 0 spiro atoms. The van der Waals surface area contributed by atoms with Crippen LogP contribution in [0.2, 0.25) is 0 Å². The quantitative estimate of drug-likeness (QED) is 0.294. The Bertz CT molecular complexity index is 513. The molecular weight excluding hydrogens is 310 g/mol. The zero-order valence-corrected chi connectivity index (χ0v) is 12.0. The molecule has 1 saturated heterocycles. The van der Waals surface area contributed by atoms with E-state index in [9.17, 15) is 25.5 Å². The number of aliphatic hydroxyl groups excluding tert-OH is 6. The number of hydrogen-bond acceptors (Lipinski definition) is 9. The fraction of sp³-hybridized carbons (Fsp3) is 0.643.